The molecule has 0 amide bonds. The highest BCUT2D eigenvalue weighted by molar-refractivity contribution is 5.92. The van der Waals surface area contributed by atoms with Crippen LogP contribution in [0.2, 0.25) is 0 Å². The molecule has 0 fully saturated rings. The minimum atomic E-state index is -1.11. The summed E-state index contributed by atoms with van der Waals surface area (Å²) in [5.41, 5.74) is 0.404. The van der Waals surface area contributed by atoms with Gasteiger partial charge in [0.2, 0.25) is 0 Å². The number of hydrogen-bond donors (Lipinski definition) is 1. The lowest BCUT2D eigenvalue weighted by molar-refractivity contribution is -0.146. The first-order valence-corrected chi connectivity index (χ1v) is 8.59. The zero-order chi connectivity index (χ0) is 18.2. The molecule has 2 atom stereocenters. The first-order chi connectivity index (χ1) is 11.7. The highest BCUT2D eigenvalue weighted by Crippen LogP contribution is 2.46. The molecule has 2 heterocycles. The van der Waals surface area contributed by atoms with Crippen LogP contribution in [-0.2, 0) is 14.3 Å². The number of allylic oxidation sites excluding steroid dienone is 1. The van der Waals surface area contributed by atoms with Crippen LogP contribution >= 0.6 is 0 Å². The van der Waals surface area contributed by atoms with Crippen molar-refractivity contribution in [3.05, 3.63) is 47.5 Å². The van der Waals surface area contributed by atoms with E-state index < -0.39 is 11.0 Å². The van der Waals surface area contributed by atoms with Crippen LogP contribution in [-0.4, -0.2) is 22.5 Å². The van der Waals surface area contributed by atoms with E-state index in [1.54, 1.807) is 25.5 Å². The zero-order valence-corrected chi connectivity index (χ0v) is 14.9. The molecule has 1 aromatic rings. The summed E-state index contributed by atoms with van der Waals surface area (Å²) in [7, 11) is 0. The third kappa shape index (κ3) is 3.21. The van der Waals surface area contributed by atoms with Crippen LogP contribution < -0.4 is 0 Å². The molecule has 3 rings (SSSR count). The maximum atomic E-state index is 12.3. The van der Waals surface area contributed by atoms with Crippen molar-refractivity contribution in [3.63, 3.8) is 0 Å². The molecule has 1 aromatic heterocycles. The van der Waals surface area contributed by atoms with Gasteiger partial charge in [-0.3, -0.25) is 4.79 Å². The van der Waals surface area contributed by atoms with E-state index in [9.17, 15) is 14.7 Å². The second-order valence-electron chi connectivity index (χ2n) is 7.63. The first kappa shape index (κ1) is 17.7. The Morgan fingerprint density at radius 2 is 2.08 bits per heavy atom. The van der Waals surface area contributed by atoms with Gasteiger partial charge in [0, 0.05) is 29.4 Å². The van der Waals surface area contributed by atoms with Gasteiger partial charge < -0.3 is 14.3 Å². The van der Waals surface area contributed by atoms with Crippen molar-refractivity contribution < 1.29 is 23.8 Å². The number of ketones is 1. The zero-order valence-electron chi connectivity index (χ0n) is 14.9. The highest BCUT2D eigenvalue weighted by atomic mass is 16.5. The number of carbonyl (C=O) groups excluding carboxylic acids is 2. The molecule has 0 unspecified atom stereocenters. The van der Waals surface area contributed by atoms with Crippen LogP contribution in [0.15, 0.2) is 46.3 Å². The van der Waals surface area contributed by atoms with Crippen molar-refractivity contribution in [2.24, 2.45) is 5.41 Å². The maximum absolute atomic E-state index is 12.3. The highest BCUT2D eigenvalue weighted by Gasteiger charge is 2.48. The van der Waals surface area contributed by atoms with Crippen LogP contribution in [0.25, 0.3) is 0 Å². The monoisotopic (exact) mass is 344 g/mol. The molecule has 134 valence electrons. The average molecular weight is 344 g/mol. The standard InChI is InChI=1S/C20H24O5/c1-13-10-16(21)11-19(2,3)20(13,23)8-6-14-4-5-17(25-18(14)22)15-7-9-24-12-15/h4,7,9-10,12,17,23H,5-6,8,11H2,1-3H3/t17-,20+/m1/s1. The van der Waals surface area contributed by atoms with E-state index in [0.717, 1.165) is 5.56 Å². The Morgan fingerprint density at radius 1 is 1.32 bits per heavy atom. The van der Waals surface area contributed by atoms with Crippen molar-refractivity contribution in [1.29, 1.82) is 0 Å². The molecule has 0 radical (unpaired) electrons. The lowest BCUT2D eigenvalue weighted by Gasteiger charge is -2.46. The Kier molecular flexibility index (Phi) is 4.45. The summed E-state index contributed by atoms with van der Waals surface area (Å²) in [6.45, 7) is 5.56. The minimum Gasteiger partial charge on any atom is -0.472 e. The summed E-state index contributed by atoms with van der Waals surface area (Å²) in [4.78, 5) is 24.1. The van der Waals surface area contributed by atoms with E-state index in [2.05, 4.69) is 0 Å². The molecule has 0 bridgehead atoms. The Hall–Kier alpha value is -2.14. The largest absolute Gasteiger partial charge is 0.472 e. The van der Waals surface area contributed by atoms with Crippen LogP contribution in [0.5, 0.6) is 0 Å². The van der Waals surface area contributed by atoms with Crippen molar-refractivity contribution in [2.75, 3.05) is 0 Å². The molecular formula is C20H24O5. The fraction of sp³-hybridized carbons (Fsp3) is 0.500. The summed E-state index contributed by atoms with van der Waals surface area (Å²) in [5.74, 6) is -0.321. The second kappa shape index (κ2) is 6.30. The van der Waals surface area contributed by atoms with E-state index in [-0.39, 0.29) is 17.9 Å². The summed E-state index contributed by atoms with van der Waals surface area (Å²) in [6, 6.07) is 1.79. The summed E-state index contributed by atoms with van der Waals surface area (Å²) >= 11 is 0. The van der Waals surface area contributed by atoms with E-state index in [0.29, 0.717) is 36.8 Å². The summed E-state index contributed by atoms with van der Waals surface area (Å²) in [6.07, 6.45) is 7.91. The summed E-state index contributed by atoms with van der Waals surface area (Å²) < 4.78 is 10.5. The minimum absolute atomic E-state index is 0.0337. The lowest BCUT2D eigenvalue weighted by atomic mass is 9.63. The predicted molar refractivity (Wildman–Crippen MR) is 91.6 cm³/mol. The number of esters is 1. The molecule has 2 aliphatic rings. The third-order valence-corrected chi connectivity index (χ3v) is 5.53. The number of hydrogen-bond acceptors (Lipinski definition) is 5. The molecule has 1 N–H and O–H groups in total. The van der Waals surface area contributed by atoms with E-state index in [1.165, 1.54) is 6.08 Å². The molecule has 0 spiro atoms. The quantitative estimate of drug-likeness (QED) is 0.844. The Bertz CT molecular complexity index is 738. The van der Waals surface area contributed by atoms with Gasteiger partial charge in [-0.1, -0.05) is 19.9 Å². The topological polar surface area (TPSA) is 76.7 Å². The normalized spacial score (nSPS) is 29.0. The second-order valence-corrected chi connectivity index (χ2v) is 7.63. The molecule has 1 aliphatic carbocycles. The van der Waals surface area contributed by atoms with Gasteiger partial charge in [-0.25, -0.2) is 4.79 Å². The van der Waals surface area contributed by atoms with Crippen molar-refractivity contribution in [3.8, 4) is 0 Å². The average Bonchev–Trinajstić information content (AvgIpc) is 3.05. The fourth-order valence-electron chi connectivity index (χ4n) is 3.83. The SMILES string of the molecule is CC1=CC(=O)CC(C)(C)[C@]1(O)CCC1=CC[C@H](c2ccoc2)OC1=O. The van der Waals surface area contributed by atoms with Crippen LogP contribution in [0.3, 0.4) is 0 Å². The van der Waals surface area contributed by atoms with E-state index >= 15 is 0 Å². The third-order valence-electron chi connectivity index (χ3n) is 5.53. The number of ether oxygens (including phenoxy) is 1. The van der Waals surface area contributed by atoms with Crippen molar-refractivity contribution in [1.82, 2.24) is 0 Å². The van der Waals surface area contributed by atoms with Crippen molar-refractivity contribution in [2.45, 2.75) is 58.2 Å². The maximum Gasteiger partial charge on any atom is 0.334 e. The van der Waals surface area contributed by atoms with Gasteiger partial charge in [0.15, 0.2) is 5.78 Å². The van der Waals surface area contributed by atoms with Gasteiger partial charge in [-0.15, -0.1) is 0 Å². The van der Waals surface area contributed by atoms with Crippen LogP contribution in [0.1, 0.15) is 58.1 Å². The molecule has 5 heteroatoms. The number of furan rings is 1. The molecule has 0 aromatic carbocycles. The van der Waals surface area contributed by atoms with E-state index in [4.69, 9.17) is 9.15 Å². The van der Waals surface area contributed by atoms with Gasteiger partial charge >= 0.3 is 5.97 Å². The molecule has 0 saturated heterocycles. The summed E-state index contributed by atoms with van der Waals surface area (Å²) in [5, 5.41) is 11.2. The van der Waals surface area contributed by atoms with Gasteiger partial charge in [0.25, 0.3) is 0 Å². The Labute approximate surface area is 147 Å². The van der Waals surface area contributed by atoms with Gasteiger partial charge in [0.1, 0.15) is 6.10 Å². The van der Waals surface area contributed by atoms with Crippen molar-refractivity contribution >= 4 is 11.8 Å². The van der Waals surface area contributed by atoms with Gasteiger partial charge in [0.05, 0.1) is 18.1 Å². The predicted octanol–water partition coefficient (Wildman–Crippen LogP) is 3.65. The number of aliphatic hydroxyl groups is 1. The number of carbonyl (C=O) groups is 2. The Balaban J connectivity index is 1.72. The molecular weight excluding hydrogens is 320 g/mol. The lowest BCUT2D eigenvalue weighted by Crippen LogP contribution is -2.49. The first-order valence-electron chi connectivity index (χ1n) is 8.59. The molecule has 1 aliphatic heterocycles. The van der Waals surface area contributed by atoms with E-state index in [1.807, 2.05) is 19.9 Å². The molecule has 5 nitrogen and oxygen atoms in total. The molecule has 25 heavy (non-hydrogen) atoms. The Morgan fingerprint density at radius 3 is 2.68 bits per heavy atom. The fourth-order valence-corrected chi connectivity index (χ4v) is 3.83. The number of cyclic esters (lactones) is 1. The van der Waals surface area contributed by atoms with Crippen LogP contribution in [0, 0.1) is 5.41 Å². The van der Waals surface area contributed by atoms with Crippen LogP contribution in [0.4, 0.5) is 0 Å². The number of rotatable bonds is 4. The van der Waals surface area contributed by atoms with Gasteiger partial charge in [-0.2, -0.15) is 0 Å². The molecule has 0 saturated carbocycles. The smallest absolute Gasteiger partial charge is 0.334 e. The van der Waals surface area contributed by atoms with Gasteiger partial charge in [-0.05, 0) is 37.5 Å².